The van der Waals surface area contributed by atoms with Crippen molar-refractivity contribution in [3.05, 3.63) is 17.7 Å². The number of methoxy groups -OCH3 is 1. The van der Waals surface area contributed by atoms with E-state index in [0.29, 0.717) is 50.5 Å². The first kappa shape index (κ1) is 25.6. The zero-order valence-corrected chi connectivity index (χ0v) is 21.3. The minimum Gasteiger partial charge on any atom is -0.495 e. The van der Waals surface area contributed by atoms with E-state index in [1.165, 1.54) is 0 Å². The van der Waals surface area contributed by atoms with Crippen LogP contribution in [0.15, 0.2) is 12.1 Å². The Hall–Kier alpha value is -2.97. The fourth-order valence-electron chi connectivity index (χ4n) is 4.05. The molecule has 0 saturated carbocycles. The summed E-state index contributed by atoms with van der Waals surface area (Å²) in [6, 6.07) is 3.81. The van der Waals surface area contributed by atoms with Crippen LogP contribution in [0.1, 0.15) is 53.5 Å². The van der Waals surface area contributed by atoms with Crippen LogP contribution < -0.4 is 15.0 Å². The largest absolute Gasteiger partial charge is 0.495 e. The molecule has 1 unspecified atom stereocenters. The second-order valence-electron chi connectivity index (χ2n) is 10.7. The average molecular weight is 476 g/mol. The van der Waals surface area contributed by atoms with Gasteiger partial charge in [0.2, 0.25) is 5.91 Å². The number of nitrogens with zero attached hydrogens (tertiary/aromatic N) is 2. The summed E-state index contributed by atoms with van der Waals surface area (Å²) in [6.07, 6.45) is 0.607. The SMILES string of the molecule is COc1cc2c(cc1N1CCN(C(=O)OC(C)(C)C)CC1)CCC(C(=O)OC(C)(C)C)C(=O)N2. The van der Waals surface area contributed by atoms with E-state index in [9.17, 15) is 14.4 Å². The maximum atomic E-state index is 12.8. The Morgan fingerprint density at radius 3 is 2.15 bits per heavy atom. The Kier molecular flexibility index (Phi) is 7.33. The highest BCUT2D eigenvalue weighted by molar-refractivity contribution is 6.06. The van der Waals surface area contributed by atoms with Crippen molar-refractivity contribution in [1.82, 2.24) is 4.90 Å². The van der Waals surface area contributed by atoms with E-state index in [-0.39, 0.29) is 12.0 Å². The lowest BCUT2D eigenvalue weighted by Crippen LogP contribution is -2.50. The smallest absolute Gasteiger partial charge is 0.410 e. The number of piperazine rings is 1. The van der Waals surface area contributed by atoms with Gasteiger partial charge in [-0.05, 0) is 66.0 Å². The van der Waals surface area contributed by atoms with Gasteiger partial charge < -0.3 is 29.3 Å². The van der Waals surface area contributed by atoms with Crippen LogP contribution in [0.2, 0.25) is 0 Å². The average Bonchev–Trinajstić information content (AvgIpc) is 2.88. The van der Waals surface area contributed by atoms with Crippen molar-refractivity contribution < 1.29 is 28.6 Å². The van der Waals surface area contributed by atoms with Gasteiger partial charge in [-0.2, -0.15) is 0 Å². The lowest BCUT2D eigenvalue weighted by Gasteiger charge is -2.37. The van der Waals surface area contributed by atoms with E-state index in [0.717, 1.165) is 11.3 Å². The van der Waals surface area contributed by atoms with Crippen LogP contribution in [0, 0.1) is 5.92 Å². The third-order valence-corrected chi connectivity index (χ3v) is 5.64. The van der Waals surface area contributed by atoms with Crippen molar-refractivity contribution in [3.8, 4) is 5.75 Å². The molecule has 1 aromatic rings. The van der Waals surface area contributed by atoms with Crippen molar-refractivity contribution in [1.29, 1.82) is 0 Å². The van der Waals surface area contributed by atoms with Crippen molar-refractivity contribution >= 4 is 29.3 Å². The number of fused-ring (bicyclic) bond motifs is 1. The first-order valence-corrected chi connectivity index (χ1v) is 11.7. The number of benzene rings is 1. The molecule has 0 aromatic heterocycles. The monoisotopic (exact) mass is 475 g/mol. The van der Waals surface area contributed by atoms with Crippen LogP contribution >= 0.6 is 0 Å². The second kappa shape index (κ2) is 9.72. The summed E-state index contributed by atoms with van der Waals surface area (Å²) in [5.74, 6) is -1.11. The highest BCUT2D eigenvalue weighted by Crippen LogP contribution is 2.37. The first-order valence-electron chi connectivity index (χ1n) is 11.7. The van der Waals surface area contributed by atoms with E-state index in [1.807, 2.05) is 26.8 Å². The van der Waals surface area contributed by atoms with Crippen molar-refractivity contribution in [2.75, 3.05) is 43.5 Å². The number of nitrogens with one attached hydrogen (secondary N) is 1. The molecule has 2 heterocycles. The Bertz CT molecular complexity index is 939. The van der Waals surface area contributed by atoms with E-state index >= 15 is 0 Å². The summed E-state index contributed by atoms with van der Waals surface area (Å²) in [7, 11) is 1.59. The number of ether oxygens (including phenoxy) is 3. The predicted octanol–water partition coefficient (Wildman–Crippen LogP) is 3.59. The summed E-state index contributed by atoms with van der Waals surface area (Å²) in [6.45, 7) is 13.2. The molecule has 0 radical (unpaired) electrons. The highest BCUT2D eigenvalue weighted by Gasteiger charge is 2.34. The molecule has 0 bridgehead atoms. The van der Waals surface area contributed by atoms with Gasteiger partial charge in [-0.3, -0.25) is 9.59 Å². The molecule has 1 saturated heterocycles. The molecule has 2 aliphatic rings. The quantitative estimate of drug-likeness (QED) is 0.527. The molecule has 2 amide bonds. The van der Waals surface area contributed by atoms with Gasteiger partial charge in [0.05, 0.1) is 12.8 Å². The first-order chi connectivity index (χ1) is 15.8. The molecule has 1 atom stereocenters. The van der Waals surface area contributed by atoms with Gasteiger partial charge in [0.25, 0.3) is 0 Å². The normalized spacial score (nSPS) is 19.0. The topological polar surface area (TPSA) is 97.4 Å². The molecule has 3 rings (SSSR count). The van der Waals surface area contributed by atoms with Gasteiger partial charge in [-0.25, -0.2) is 4.79 Å². The van der Waals surface area contributed by atoms with Gasteiger partial charge in [0, 0.05) is 37.9 Å². The number of hydrogen-bond donors (Lipinski definition) is 1. The molecular formula is C25H37N3O6. The van der Waals surface area contributed by atoms with Crippen LogP contribution in [0.25, 0.3) is 0 Å². The fraction of sp³-hybridized carbons (Fsp3) is 0.640. The lowest BCUT2D eigenvalue weighted by molar-refractivity contribution is -0.161. The van der Waals surface area contributed by atoms with Gasteiger partial charge in [-0.15, -0.1) is 0 Å². The molecule has 2 aliphatic heterocycles. The summed E-state index contributed by atoms with van der Waals surface area (Å²) in [5, 5.41) is 2.88. The molecular weight excluding hydrogens is 438 g/mol. The molecule has 1 aromatic carbocycles. The lowest BCUT2D eigenvalue weighted by atomic mass is 9.99. The molecule has 1 fully saturated rings. The minimum absolute atomic E-state index is 0.308. The Labute approximate surface area is 201 Å². The maximum absolute atomic E-state index is 12.8. The fourth-order valence-corrected chi connectivity index (χ4v) is 4.05. The minimum atomic E-state index is -0.863. The van der Waals surface area contributed by atoms with Gasteiger partial charge in [0.1, 0.15) is 22.9 Å². The Morgan fingerprint density at radius 1 is 0.971 bits per heavy atom. The van der Waals surface area contributed by atoms with Crippen LogP contribution in [-0.2, 0) is 25.5 Å². The second-order valence-corrected chi connectivity index (χ2v) is 10.7. The number of esters is 1. The van der Waals surface area contributed by atoms with E-state index < -0.39 is 23.1 Å². The summed E-state index contributed by atoms with van der Waals surface area (Å²) in [4.78, 5) is 41.6. The summed E-state index contributed by atoms with van der Waals surface area (Å²) < 4.78 is 16.6. The molecule has 0 aliphatic carbocycles. The highest BCUT2D eigenvalue weighted by atomic mass is 16.6. The van der Waals surface area contributed by atoms with Crippen molar-refractivity contribution in [3.63, 3.8) is 0 Å². The van der Waals surface area contributed by atoms with Crippen LogP contribution in [0.5, 0.6) is 5.75 Å². The van der Waals surface area contributed by atoms with Crippen molar-refractivity contribution in [2.45, 2.75) is 65.6 Å². The number of anilines is 2. The molecule has 34 heavy (non-hydrogen) atoms. The van der Waals surface area contributed by atoms with Crippen molar-refractivity contribution in [2.24, 2.45) is 5.92 Å². The third-order valence-electron chi connectivity index (χ3n) is 5.64. The Morgan fingerprint density at radius 2 is 1.59 bits per heavy atom. The zero-order valence-electron chi connectivity index (χ0n) is 21.3. The number of hydrogen-bond acceptors (Lipinski definition) is 7. The number of carbonyl (C=O) groups excluding carboxylic acids is 3. The van der Waals surface area contributed by atoms with E-state index in [4.69, 9.17) is 14.2 Å². The zero-order chi connectivity index (χ0) is 25.3. The van der Waals surface area contributed by atoms with Gasteiger partial charge in [0.15, 0.2) is 0 Å². The van der Waals surface area contributed by atoms with Crippen LogP contribution in [0.4, 0.5) is 16.2 Å². The maximum Gasteiger partial charge on any atom is 0.410 e. The van der Waals surface area contributed by atoms with E-state index in [2.05, 4.69) is 10.2 Å². The molecule has 0 spiro atoms. The molecule has 9 nitrogen and oxygen atoms in total. The Balaban J connectivity index is 1.74. The van der Waals surface area contributed by atoms with Crippen LogP contribution in [-0.4, -0.2) is 67.4 Å². The third kappa shape index (κ3) is 6.33. The molecule has 1 N–H and O–H groups in total. The number of carbonyl (C=O) groups is 3. The standard InChI is InChI=1S/C25H37N3O6/c1-24(2,3)33-22(30)17-9-8-16-14-19(20(32-7)15-18(16)26-21(17)29)27-10-12-28(13-11-27)23(31)34-25(4,5)6/h14-15,17H,8-13H2,1-7H3,(H,26,29). The number of aryl methyl sites for hydroxylation is 1. The number of rotatable bonds is 3. The summed E-state index contributed by atoms with van der Waals surface area (Å²) in [5.41, 5.74) is 1.29. The molecule has 188 valence electrons. The predicted molar refractivity (Wildman–Crippen MR) is 129 cm³/mol. The van der Waals surface area contributed by atoms with Crippen LogP contribution in [0.3, 0.4) is 0 Å². The molecule has 9 heteroatoms. The van der Waals surface area contributed by atoms with E-state index in [1.54, 1.807) is 38.8 Å². The van der Waals surface area contributed by atoms with Gasteiger partial charge in [-0.1, -0.05) is 0 Å². The van der Waals surface area contributed by atoms with Gasteiger partial charge >= 0.3 is 12.1 Å². The number of amides is 2. The summed E-state index contributed by atoms with van der Waals surface area (Å²) >= 11 is 0.